The molecule has 0 aliphatic heterocycles. The van der Waals surface area contributed by atoms with E-state index in [1.165, 1.54) is 0 Å². The number of halogens is 6. The Morgan fingerprint density at radius 2 is 2.00 bits per heavy atom. The topological polar surface area (TPSA) is 59.4 Å². The van der Waals surface area contributed by atoms with Gasteiger partial charge >= 0.3 is 12.3 Å². The number of aromatic nitrogens is 1. The summed E-state index contributed by atoms with van der Waals surface area (Å²) in [4.78, 5) is 13.7. The van der Waals surface area contributed by atoms with Crippen LogP contribution in [0.2, 0.25) is 0 Å². The van der Waals surface area contributed by atoms with Gasteiger partial charge in [-0.2, -0.15) is 0 Å². The summed E-state index contributed by atoms with van der Waals surface area (Å²) in [6.07, 6.45) is -8.31. The van der Waals surface area contributed by atoms with Crippen LogP contribution in [0.4, 0.5) is 22.0 Å². The first-order chi connectivity index (χ1) is 8.11. The van der Waals surface area contributed by atoms with Gasteiger partial charge in [0, 0.05) is 6.07 Å². The zero-order chi connectivity index (χ0) is 14.1. The standard InChI is InChI=1S/C8H3BrF5NO3/c9-5-4(6(10)11)2(7(16)17)1-3(15-5)18-8(12,13)14/h1,6H,(H,16,17). The van der Waals surface area contributed by atoms with E-state index in [1.54, 1.807) is 0 Å². The van der Waals surface area contributed by atoms with E-state index in [2.05, 4.69) is 25.7 Å². The van der Waals surface area contributed by atoms with Crippen LogP contribution in [-0.2, 0) is 0 Å². The van der Waals surface area contributed by atoms with Crippen molar-refractivity contribution in [2.24, 2.45) is 0 Å². The number of alkyl halides is 5. The summed E-state index contributed by atoms with van der Waals surface area (Å²) in [6.45, 7) is 0. The molecule has 0 saturated heterocycles. The number of rotatable bonds is 3. The van der Waals surface area contributed by atoms with Crippen molar-refractivity contribution in [3.8, 4) is 5.88 Å². The van der Waals surface area contributed by atoms with E-state index in [1.807, 2.05) is 0 Å². The van der Waals surface area contributed by atoms with Crippen LogP contribution < -0.4 is 4.74 Å². The summed E-state index contributed by atoms with van der Waals surface area (Å²) in [6, 6.07) is 0.280. The van der Waals surface area contributed by atoms with Crippen molar-refractivity contribution in [2.75, 3.05) is 0 Å². The zero-order valence-corrected chi connectivity index (χ0v) is 9.72. The molecule has 4 nitrogen and oxygen atoms in total. The Hall–Kier alpha value is -1.45. The highest BCUT2D eigenvalue weighted by molar-refractivity contribution is 9.10. The number of hydrogen-bond acceptors (Lipinski definition) is 3. The molecule has 1 aromatic heterocycles. The largest absolute Gasteiger partial charge is 0.574 e. The molecule has 1 N–H and O–H groups in total. The third-order valence-electron chi connectivity index (χ3n) is 1.66. The van der Waals surface area contributed by atoms with Gasteiger partial charge in [0.15, 0.2) is 0 Å². The van der Waals surface area contributed by atoms with E-state index in [0.717, 1.165) is 0 Å². The second kappa shape index (κ2) is 5.04. The van der Waals surface area contributed by atoms with Gasteiger partial charge in [0.25, 0.3) is 6.43 Å². The monoisotopic (exact) mass is 335 g/mol. The molecular weight excluding hydrogens is 333 g/mol. The Labute approximate surface area is 105 Å². The maximum absolute atomic E-state index is 12.5. The van der Waals surface area contributed by atoms with Crippen LogP contribution in [-0.4, -0.2) is 22.4 Å². The SMILES string of the molecule is O=C(O)c1cc(OC(F)(F)F)nc(Br)c1C(F)F. The van der Waals surface area contributed by atoms with E-state index in [9.17, 15) is 26.7 Å². The summed E-state index contributed by atoms with van der Waals surface area (Å²) in [7, 11) is 0. The lowest BCUT2D eigenvalue weighted by molar-refractivity contribution is -0.276. The van der Waals surface area contributed by atoms with Crippen LogP contribution in [0.5, 0.6) is 5.88 Å². The van der Waals surface area contributed by atoms with Gasteiger partial charge in [0.2, 0.25) is 5.88 Å². The van der Waals surface area contributed by atoms with E-state index in [4.69, 9.17) is 5.11 Å². The van der Waals surface area contributed by atoms with Gasteiger partial charge in [-0.25, -0.2) is 18.6 Å². The van der Waals surface area contributed by atoms with E-state index >= 15 is 0 Å². The molecule has 0 bridgehead atoms. The lowest BCUT2D eigenvalue weighted by Gasteiger charge is -2.12. The van der Waals surface area contributed by atoms with Gasteiger partial charge < -0.3 is 9.84 Å². The van der Waals surface area contributed by atoms with Crippen molar-refractivity contribution < 1.29 is 36.6 Å². The predicted molar refractivity (Wildman–Crippen MR) is 50.5 cm³/mol. The van der Waals surface area contributed by atoms with Crippen LogP contribution in [0.3, 0.4) is 0 Å². The Morgan fingerprint density at radius 1 is 1.44 bits per heavy atom. The Balaban J connectivity index is 3.32. The van der Waals surface area contributed by atoms with E-state index < -0.39 is 40.4 Å². The van der Waals surface area contributed by atoms with Crippen molar-refractivity contribution in [1.29, 1.82) is 0 Å². The van der Waals surface area contributed by atoms with Gasteiger partial charge in [-0.1, -0.05) is 0 Å². The van der Waals surface area contributed by atoms with E-state index in [-0.39, 0.29) is 6.07 Å². The average molecular weight is 336 g/mol. The maximum atomic E-state index is 12.5. The molecule has 1 aromatic rings. The molecule has 0 aliphatic rings. The predicted octanol–water partition coefficient (Wildman–Crippen LogP) is 3.38. The summed E-state index contributed by atoms with van der Waals surface area (Å²) < 4.78 is 63.4. The second-order valence-corrected chi connectivity index (χ2v) is 3.62. The zero-order valence-electron chi connectivity index (χ0n) is 8.13. The Kier molecular flexibility index (Phi) is 4.09. The highest BCUT2D eigenvalue weighted by Gasteiger charge is 2.33. The molecule has 100 valence electrons. The maximum Gasteiger partial charge on any atom is 0.574 e. The van der Waals surface area contributed by atoms with Crippen LogP contribution >= 0.6 is 15.9 Å². The number of pyridine rings is 1. The van der Waals surface area contributed by atoms with Gasteiger partial charge in [-0.3, -0.25) is 0 Å². The second-order valence-electron chi connectivity index (χ2n) is 2.87. The fraction of sp³-hybridized carbons (Fsp3) is 0.250. The molecule has 1 rings (SSSR count). The highest BCUT2D eigenvalue weighted by atomic mass is 79.9. The first-order valence-corrected chi connectivity index (χ1v) is 4.88. The van der Waals surface area contributed by atoms with Crippen LogP contribution in [0.1, 0.15) is 22.3 Å². The van der Waals surface area contributed by atoms with Gasteiger partial charge in [-0.05, 0) is 15.9 Å². The molecule has 0 fully saturated rings. The van der Waals surface area contributed by atoms with Crippen LogP contribution in [0, 0.1) is 0 Å². The number of ether oxygens (including phenoxy) is 1. The highest BCUT2D eigenvalue weighted by Crippen LogP contribution is 2.33. The van der Waals surface area contributed by atoms with Crippen molar-refractivity contribution in [2.45, 2.75) is 12.8 Å². The molecule has 0 saturated carbocycles. The lowest BCUT2D eigenvalue weighted by atomic mass is 10.1. The van der Waals surface area contributed by atoms with Gasteiger partial charge in [0.05, 0.1) is 11.1 Å². The van der Waals surface area contributed by atoms with E-state index in [0.29, 0.717) is 0 Å². The number of carboxylic acid groups (broad SMARTS) is 1. The smallest absolute Gasteiger partial charge is 0.478 e. The number of aromatic carboxylic acids is 1. The minimum Gasteiger partial charge on any atom is -0.478 e. The van der Waals surface area contributed by atoms with Gasteiger partial charge in [-0.15, -0.1) is 13.2 Å². The van der Waals surface area contributed by atoms with Crippen LogP contribution in [0.25, 0.3) is 0 Å². The molecule has 18 heavy (non-hydrogen) atoms. The van der Waals surface area contributed by atoms with Crippen molar-refractivity contribution in [3.05, 3.63) is 21.8 Å². The van der Waals surface area contributed by atoms with Crippen molar-refractivity contribution in [1.82, 2.24) is 4.98 Å². The molecule has 0 amide bonds. The number of carboxylic acids is 1. The minimum absolute atomic E-state index is 0.280. The normalized spacial score (nSPS) is 11.7. The molecule has 0 atom stereocenters. The molecule has 0 unspecified atom stereocenters. The average Bonchev–Trinajstić information content (AvgIpc) is 2.12. The molecule has 1 heterocycles. The molecule has 0 aliphatic carbocycles. The fourth-order valence-electron chi connectivity index (χ4n) is 1.06. The minimum atomic E-state index is -5.10. The Bertz CT molecular complexity index is 477. The number of carbonyl (C=O) groups is 1. The summed E-state index contributed by atoms with van der Waals surface area (Å²) in [5.41, 5.74) is -2.04. The molecule has 0 spiro atoms. The summed E-state index contributed by atoms with van der Waals surface area (Å²) >= 11 is 2.47. The third-order valence-corrected chi connectivity index (χ3v) is 2.26. The molecule has 0 radical (unpaired) electrons. The number of hydrogen-bond donors (Lipinski definition) is 1. The van der Waals surface area contributed by atoms with Crippen LogP contribution in [0.15, 0.2) is 10.7 Å². The quantitative estimate of drug-likeness (QED) is 0.679. The first kappa shape index (κ1) is 14.6. The van der Waals surface area contributed by atoms with Crippen molar-refractivity contribution >= 4 is 21.9 Å². The Morgan fingerprint density at radius 3 is 2.39 bits per heavy atom. The summed E-state index contributed by atoms with van der Waals surface area (Å²) in [5.74, 6) is -2.96. The first-order valence-electron chi connectivity index (χ1n) is 4.09. The molecular formula is C8H3BrF5NO3. The lowest BCUT2D eigenvalue weighted by Crippen LogP contribution is -2.19. The van der Waals surface area contributed by atoms with Crippen molar-refractivity contribution in [3.63, 3.8) is 0 Å². The fourth-order valence-corrected chi connectivity index (χ4v) is 1.62. The third kappa shape index (κ3) is 3.52. The molecule has 0 aromatic carbocycles. The van der Waals surface area contributed by atoms with Gasteiger partial charge in [0.1, 0.15) is 4.60 Å². The summed E-state index contributed by atoms with van der Waals surface area (Å²) in [5, 5.41) is 8.64. The molecule has 10 heteroatoms. The number of nitrogens with zero attached hydrogens (tertiary/aromatic N) is 1.